The van der Waals surface area contributed by atoms with Crippen molar-refractivity contribution in [2.45, 2.75) is 32.1 Å². The summed E-state index contributed by atoms with van der Waals surface area (Å²) < 4.78 is 27.5. The minimum absolute atomic E-state index is 0.0229. The quantitative estimate of drug-likeness (QED) is 0.623. The molecule has 3 aromatic carbocycles. The Morgan fingerprint density at radius 3 is 2.37 bits per heavy atom. The first-order valence-corrected chi connectivity index (χ1v) is 12.1. The zero-order chi connectivity index (χ0) is 21.0. The molecule has 3 aromatic rings. The van der Waals surface area contributed by atoms with Crippen molar-refractivity contribution in [3.05, 3.63) is 101 Å². The van der Waals surface area contributed by atoms with Gasteiger partial charge < -0.3 is 4.90 Å². The van der Waals surface area contributed by atoms with E-state index in [2.05, 4.69) is 58.2 Å². The number of aryl methyl sites for hydroxylation is 1. The summed E-state index contributed by atoms with van der Waals surface area (Å²) in [5, 5.41) is 0. The van der Waals surface area contributed by atoms with E-state index in [1.165, 1.54) is 16.8 Å². The van der Waals surface area contributed by atoms with Crippen molar-refractivity contribution in [2.75, 3.05) is 18.0 Å². The second-order valence-corrected chi connectivity index (χ2v) is 9.74. The molecule has 156 valence electrons. The van der Waals surface area contributed by atoms with Crippen LogP contribution in [0.15, 0.2) is 72.8 Å². The maximum atomic E-state index is 12.4. The molecule has 4 rings (SSSR count). The second-order valence-electron chi connectivity index (χ2n) is 7.94. The van der Waals surface area contributed by atoms with Crippen molar-refractivity contribution in [1.29, 1.82) is 0 Å². The standard InChI is InChI=1S/C25H28N2O2S/c1-20-6-2-3-9-24(20)19-30(28,29)26-16-14-21-10-12-25(13-11-21)27-17-15-22-7-4-5-8-23(22)18-27/h2-13,26H,14-19H2,1H3. The number of nitrogens with zero attached hydrogens (tertiary/aromatic N) is 1. The van der Waals surface area contributed by atoms with Gasteiger partial charge in [-0.05, 0) is 59.7 Å². The summed E-state index contributed by atoms with van der Waals surface area (Å²) in [4.78, 5) is 2.40. The summed E-state index contributed by atoms with van der Waals surface area (Å²) in [7, 11) is -3.34. The third kappa shape index (κ3) is 5.10. The Labute approximate surface area is 179 Å². The van der Waals surface area contributed by atoms with E-state index in [0.717, 1.165) is 36.2 Å². The van der Waals surface area contributed by atoms with Gasteiger partial charge in [-0.25, -0.2) is 13.1 Å². The summed E-state index contributed by atoms with van der Waals surface area (Å²) in [5.74, 6) is 0.0229. The molecule has 0 unspecified atom stereocenters. The molecular formula is C25H28N2O2S. The van der Waals surface area contributed by atoms with Gasteiger partial charge >= 0.3 is 0 Å². The largest absolute Gasteiger partial charge is 0.367 e. The van der Waals surface area contributed by atoms with Crippen molar-refractivity contribution in [3.8, 4) is 0 Å². The number of rotatable bonds is 7. The normalized spacial score (nSPS) is 13.8. The van der Waals surface area contributed by atoms with E-state index in [9.17, 15) is 8.42 Å². The van der Waals surface area contributed by atoms with Gasteiger partial charge in [0.1, 0.15) is 0 Å². The topological polar surface area (TPSA) is 49.4 Å². The second kappa shape index (κ2) is 9.02. The summed E-state index contributed by atoms with van der Waals surface area (Å²) in [5.41, 5.74) is 7.04. The monoisotopic (exact) mass is 420 g/mol. The molecule has 30 heavy (non-hydrogen) atoms. The SMILES string of the molecule is Cc1ccccc1CS(=O)(=O)NCCc1ccc(N2CCc3ccccc3C2)cc1. The molecule has 1 heterocycles. The number of nitrogens with one attached hydrogen (secondary N) is 1. The van der Waals surface area contributed by atoms with E-state index in [1.807, 2.05) is 31.2 Å². The first-order valence-electron chi connectivity index (χ1n) is 10.4. The van der Waals surface area contributed by atoms with Crippen LogP contribution in [-0.2, 0) is 35.2 Å². The van der Waals surface area contributed by atoms with Crippen molar-refractivity contribution >= 4 is 15.7 Å². The summed E-state index contributed by atoms with van der Waals surface area (Å²) in [6.45, 7) is 4.31. The van der Waals surface area contributed by atoms with Crippen LogP contribution in [0.2, 0.25) is 0 Å². The average molecular weight is 421 g/mol. The lowest BCUT2D eigenvalue weighted by molar-refractivity contribution is 0.580. The third-order valence-electron chi connectivity index (χ3n) is 5.77. The Balaban J connectivity index is 1.30. The molecule has 0 radical (unpaired) electrons. The smallest absolute Gasteiger partial charge is 0.215 e. The van der Waals surface area contributed by atoms with Gasteiger partial charge in [0.25, 0.3) is 0 Å². The van der Waals surface area contributed by atoms with Crippen LogP contribution < -0.4 is 9.62 Å². The first-order chi connectivity index (χ1) is 14.5. The van der Waals surface area contributed by atoms with E-state index >= 15 is 0 Å². The van der Waals surface area contributed by atoms with Gasteiger partial charge in [-0.2, -0.15) is 0 Å². The van der Waals surface area contributed by atoms with Crippen molar-refractivity contribution in [1.82, 2.24) is 4.72 Å². The van der Waals surface area contributed by atoms with Crippen LogP contribution in [0.4, 0.5) is 5.69 Å². The highest BCUT2D eigenvalue weighted by atomic mass is 32.2. The molecule has 5 heteroatoms. The molecule has 0 aliphatic carbocycles. The van der Waals surface area contributed by atoms with E-state index in [-0.39, 0.29) is 5.75 Å². The van der Waals surface area contributed by atoms with E-state index in [1.54, 1.807) is 0 Å². The Hall–Kier alpha value is -2.63. The van der Waals surface area contributed by atoms with Crippen LogP contribution >= 0.6 is 0 Å². The minimum atomic E-state index is -3.34. The van der Waals surface area contributed by atoms with Gasteiger partial charge in [0.05, 0.1) is 5.75 Å². The molecule has 0 bridgehead atoms. The molecule has 0 saturated heterocycles. The van der Waals surface area contributed by atoms with Gasteiger partial charge in [-0.15, -0.1) is 0 Å². The van der Waals surface area contributed by atoms with Gasteiger partial charge in [-0.3, -0.25) is 0 Å². The molecule has 0 atom stereocenters. The van der Waals surface area contributed by atoms with Gasteiger partial charge in [-0.1, -0.05) is 60.7 Å². The Kier molecular flexibility index (Phi) is 6.21. The fourth-order valence-corrected chi connectivity index (χ4v) is 5.22. The number of sulfonamides is 1. The molecular weight excluding hydrogens is 392 g/mol. The number of hydrogen-bond donors (Lipinski definition) is 1. The fraction of sp³-hybridized carbons (Fsp3) is 0.280. The van der Waals surface area contributed by atoms with Crippen LogP contribution in [0.5, 0.6) is 0 Å². The molecule has 1 aliphatic rings. The van der Waals surface area contributed by atoms with E-state index in [0.29, 0.717) is 13.0 Å². The predicted molar refractivity (Wildman–Crippen MR) is 123 cm³/mol. The van der Waals surface area contributed by atoms with E-state index in [4.69, 9.17) is 0 Å². The first kappa shape index (κ1) is 20.6. The van der Waals surface area contributed by atoms with Crippen LogP contribution in [0.25, 0.3) is 0 Å². The van der Waals surface area contributed by atoms with Crippen LogP contribution in [0, 0.1) is 6.92 Å². The summed E-state index contributed by atoms with van der Waals surface area (Å²) in [6.07, 6.45) is 1.75. The molecule has 0 fully saturated rings. The van der Waals surface area contributed by atoms with Crippen LogP contribution in [-0.4, -0.2) is 21.5 Å². The van der Waals surface area contributed by atoms with Crippen LogP contribution in [0.3, 0.4) is 0 Å². The maximum absolute atomic E-state index is 12.4. The third-order valence-corrected chi connectivity index (χ3v) is 7.11. The lowest BCUT2D eigenvalue weighted by Gasteiger charge is -2.30. The fourth-order valence-electron chi connectivity index (χ4n) is 3.97. The highest BCUT2D eigenvalue weighted by molar-refractivity contribution is 7.88. The van der Waals surface area contributed by atoms with Crippen molar-refractivity contribution in [3.63, 3.8) is 0 Å². The lowest BCUT2D eigenvalue weighted by Crippen LogP contribution is -2.30. The molecule has 4 nitrogen and oxygen atoms in total. The Morgan fingerprint density at radius 1 is 0.900 bits per heavy atom. The molecule has 0 saturated carbocycles. The predicted octanol–water partition coefficient (Wildman–Crippen LogP) is 4.22. The summed E-state index contributed by atoms with van der Waals surface area (Å²) in [6, 6.07) is 24.7. The lowest BCUT2D eigenvalue weighted by atomic mass is 9.99. The molecule has 0 aromatic heterocycles. The molecule has 1 aliphatic heterocycles. The zero-order valence-electron chi connectivity index (χ0n) is 17.3. The molecule has 0 spiro atoms. The number of benzene rings is 3. The number of fused-ring (bicyclic) bond motifs is 1. The van der Waals surface area contributed by atoms with Crippen molar-refractivity contribution in [2.24, 2.45) is 0 Å². The van der Waals surface area contributed by atoms with Gasteiger partial charge in [0, 0.05) is 25.3 Å². The van der Waals surface area contributed by atoms with Crippen molar-refractivity contribution < 1.29 is 8.42 Å². The van der Waals surface area contributed by atoms with Crippen LogP contribution in [0.1, 0.15) is 27.8 Å². The molecule has 0 amide bonds. The number of hydrogen-bond acceptors (Lipinski definition) is 3. The highest BCUT2D eigenvalue weighted by Crippen LogP contribution is 2.24. The average Bonchev–Trinajstić information content (AvgIpc) is 2.75. The van der Waals surface area contributed by atoms with Gasteiger partial charge in [0.2, 0.25) is 10.0 Å². The highest BCUT2D eigenvalue weighted by Gasteiger charge is 2.16. The van der Waals surface area contributed by atoms with Gasteiger partial charge in [0.15, 0.2) is 0 Å². The molecule has 1 N–H and O–H groups in total. The van der Waals surface area contributed by atoms with E-state index < -0.39 is 10.0 Å². The Morgan fingerprint density at radius 2 is 1.60 bits per heavy atom. The summed E-state index contributed by atoms with van der Waals surface area (Å²) >= 11 is 0. The minimum Gasteiger partial charge on any atom is -0.367 e. The zero-order valence-corrected chi connectivity index (χ0v) is 18.2. The number of anilines is 1. The Bertz CT molecular complexity index is 1110. The maximum Gasteiger partial charge on any atom is 0.215 e.